The third kappa shape index (κ3) is 2.81. The molecule has 0 aliphatic carbocycles. The Kier molecular flexibility index (Phi) is 3.63. The van der Waals surface area contributed by atoms with Gasteiger partial charge in [-0.25, -0.2) is 19.0 Å². The maximum Gasteiger partial charge on any atom is 0.165 e. The summed E-state index contributed by atoms with van der Waals surface area (Å²) in [4.78, 5) is 8.59. The first-order chi connectivity index (χ1) is 10.9. The molecular weight excluding hydrogens is 297 g/mol. The zero-order chi connectivity index (χ0) is 16.6. The predicted octanol–water partition coefficient (Wildman–Crippen LogP) is 3.47. The second-order valence-corrected chi connectivity index (χ2v) is 6.16. The molecule has 3 rings (SSSR count). The fourth-order valence-corrected chi connectivity index (χ4v) is 2.31. The van der Waals surface area contributed by atoms with Gasteiger partial charge < -0.3 is 10.1 Å². The van der Waals surface area contributed by atoms with Gasteiger partial charge in [0.05, 0.1) is 24.2 Å². The predicted molar refractivity (Wildman–Crippen MR) is 86.6 cm³/mol. The number of benzene rings is 1. The van der Waals surface area contributed by atoms with Crippen LogP contribution in [0.4, 0.5) is 15.9 Å². The molecule has 0 aliphatic heterocycles. The van der Waals surface area contributed by atoms with E-state index in [2.05, 4.69) is 41.2 Å². The van der Waals surface area contributed by atoms with Crippen molar-refractivity contribution in [3.8, 4) is 5.75 Å². The fourth-order valence-electron chi connectivity index (χ4n) is 2.31. The van der Waals surface area contributed by atoms with Crippen LogP contribution in [0.2, 0.25) is 0 Å². The number of nitrogens with one attached hydrogen (secondary N) is 1. The SMILES string of the molecule is COc1cc(Nc2ncnc3c2cnn3C(C)(C)C)ccc1F. The first kappa shape index (κ1) is 15.2. The molecule has 0 unspecified atom stereocenters. The van der Waals surface area contributed by atoms with Gasteiger partial charge in [-0.2, -0.15) is 5.10 Å². The largest absolute Gasteiger partial charge is 0.494 e. The minimum Gasteiger partial charge on any atom is -0.494 e. The number of methoxy groups -OCH3 is 1. The molecule has 0 saturated heterocycles. The topological polar surface area (TPSA) is 64.9 Å². The smallest absolute Gasteiger partial charge is 0.165 e. The van der Waals surface area contributed by atoms with E-state index in [0.29, 0.717) is 11.5 Å². The van der Waals surface area contributed by atoms with Crippen molar-refractivity contribution < 1.29 is 9.13 Å². The van der Waals surface area contributed by atoms with Gasteiger partial charge in [0.1, 0.15) is 12.1 Å². The lowest BCUT2D eigenvalue weighted by Crippen LogP contribution is -2.23. The Balaban J connectivity index is 2.03. The van der Waals surface area contributed by atoms with E-state index in [1.165, 1.54) is 19.5 Å². The molecule has 0 amide bonds. The Hall–Kier alpha value is -2.70. The molecular formula is C16H18FN5O. The van der Waals surface area contributed by atoms with E-state index in [1.54, 1.807) is 18.3 Å². The summed E-state index contributed by atoms with van der Waals surface area (Å²) in [7, 11) is 1.43. The van der Waals surface area contributed by atoms with Gasteiger partial charge in [-0.1, -0.05) is 0 Å². The first-order valence-corrected chi connectivity index (χ1v) is 7.20. The minimum absolute atomic E-state index is 0.172. The molecule has 0 atom stereocenters. The number of halogens is 1. The molecule has 6 nitrogen and oxygen atoms in total. The highest BCUT2D eigenvalue weighted by atomic mass is 19.1. The molecule has 0 bridgehead atoms. The van der Waals surface area contributed by atoms with Crippen molar-refractivity contribution >= 4 is 22.5 Å². The molecule has 0 fully saturated rings. The molecule has 120 valence electrons. The van der Waals surface area contributed by atoms with Crippen LogP contribution in [0, 0.1) is 5.82 Å². The van der Waals surface area contributed by atoms with Crippen molar-refractivity contribution in [2.75, 3.05) is 12.4 Å². The molecule has 0 radical (unpaired) electrons. The molecule has 1 N–H and O–H groups in total. The van der Waals surface area contributed by atoms with Crippen LogP contribution in [0.15, 0.2) is 30.7 Å². The average Bonchev–Trinajstić information content (AvgIpc) is 2.94. The number of anilines is 2. The summed E-state index contributed by atoms with van der Waals surface area (Å²) in [6.45, 7) is 6.17. The van der Waals surface area contributed by atoms with Gasteiger partial charge in [0.15, 0.2) is 17.2 Å². The molecule has 2 heterocycles. The average molecular weight is 315 g/mol. The van der Waals surface area contributed by atoms with Crippen LogP contribution in [0.25, 0.3) is 11.0 Å². The van der Waals surface area contributed by atoms with Gasteiger partial charge >= 0.3 is 0 Å². The quantitative estimate of drug-likeness (QED) is 0.801. The van der Waals surface area contributed by atoms with E-state index in [0.717, 1.165) is 11.0 Å². The summed E-state index contributed by atoms with van der Waals surface area (Å²) < 4.78 is 20.3. The lowest BCUT2D eigenvalue weighted by Gasteiger charge is -2.19. The Morgan fingerprint density at radius 3 is 2.70 bits per heavy atom. The summed E-state index contributed by atoms with van der Waals surface area (Å²) in [6.07, 6.45) is 3.21. The van der Waals surface area contributed by atoms with E-state index in [9.17, 15) is 4.39 Å². The summed E-state index contributed by atoms with van der Waals surface area (Å²) in [5.74, 6) is 0.372. The number of ether oxygens (including phenoxy) is 1. The third-order valence-electron chi connectivity index (χ3n) is 3.42. The van der Waals surface area contributed by atoms with Crippen molar-refractivity contribution in [2.45, 2.75) is 26.3 Å². The first-order valence-electron chi connectivity index (χ1n) is 7.20. The van der Waals surface area contributed by atoms with Gasteiger partial charge in [-0.05, 0) is 32.9 Å². The number of rotatable bonds is 3. The maximum absolute atomic E-state index is 13.5. The van der Waals surface area contributed by atoms with E-state index in [-0.39, 0.29) is 11.3 Å². The molecule has 3 aromatic rings. The van der Waals surface area contributed by atoms with E-state index in [4.69, 9.17) is 4.74 Å². The van der Waals surface area contributed by atoms with E-state index >= 15 is 0 Å². The molecule has 2 aromatic heterocycles. The van der Waals surface area contributed by atoms with Gasteiger partial charge in [0, 0.05) is 11.8 Å². The summed E-state index contributed by atoms with van der Waals surface area (Å²) in [5, 5.41) is 8.37. The standard InChI is InChI=1S/C16H18FN5O/c1-16(2,3)22-15-11(8-20-22)14(18-9-19-15)21-10-5-6-12(17)13(7-10)23-4/h5-9H,1-4H3,(H,18,19,21). The van der Waals surface area contributed by atoms with Gasteiger partial charge in [0.2, 0.25) is 0 Å². The number of aromatic nitrogens is 4. The molecule has 0 aliphatic rings. The van der Waals surface area contributed by atoms with Gasteiger partial charge in [-0.3, -0.25) is 0 Å². The molecule has 23 heavy (non-hydrogen) atoms. The number of fused-ring (bicyclic) bond motifs is 1. The third-order valence-corrected chi connectivity index (χ3v) is 3.42. The number of nitrogens with zero attached hydrogens (tertiary/aromatic N) is 4. The highest BCUT2D eigenvalue weighted by molar-refractivity contribution is 5.88. The normalized spacial score (nSPS) is 11.7. The Labute approximate surface area is 133 Å². The lowest BCUT2D eigenvalue weighted by atomic mass is 10.1. The summed E-state index contributed by atoms with van der Waals surface area (Å²) in [6, 6.07) is 4.55. The number of hydrogen-bond acceptors (Lipinski definition) is 5. The molecule has 0 saturated carbocycles. The van der Waals surface area contributed by atoms with Crippen LogP contribution in [-0.4, -0.2) is 26.9 Å². The zero-order valence-corrected chi connectivity index (χ0v) is 13.5. The Morgan fingerprint density at radius 1 is 1.22 bits per heavy atom. The van der Waals surface area contributed by atoms with Crippen LogP contribution in [0.5, 0.6) is 5.75 Å². The second kappa shape index (κ2) is 5.49. The van der Waals surface area contributed by atoms with Gasteiger partial charge in [-0.15, -0.1) is 0 Å². The lowest BCUT2D eigenvalue weighted by molar-refractivity contribution is 0.366. The Bertz CT molecular complexity index is 853. The van der Waals surface area contributed by atoms with Crippen molar-refractivity contribution in [3.63, 3.8) is 0 Å². The minimum atomic E-state index is -0.411. The van der Waals surface area contributed by atoms with E-state index < -0.39 is 5.82 Å². The summed E-state index contributed by atoms with van der Waals surface area (Å²) in [5.41, 5.74) is 1.22. The van der Waals surface area contributed by atoms with Crippen molar-refractivity contribution in [1.82, 2.24) is 19.7 Å². The molecule has 7 heteroatoms. The van der Waals surface area contributed by atoms with Crippen molar-refractivity contribution in [1.29, 1.82) is 0 Å². The van der Waals surface area contributed by atoms with Gasteiger partial charge in [0.25, 0.3) is 0 Å². The zero-order valence-electron chi connectivity index (χ0n) is 13.5. The monoisotopic (exact) mass is 315 g/mol. The van der Waals surface area contributed by atoms with Crippen molar-refractivity contribution in [2.24, 2.45) is 0 Å². The fraction of sp³-hybridized carbons (Fsp3) is 0.312. The van der Waals surface area contributed by atoms with Crippen LogP contribution >= 0.6 is 0 Å². The highest BCUT2D eigenvalue weighted by Gasteiger charge is 2.19. The second-order valence-electron chi connectivity index (χ2n) is 6.16. The summed E-state index contributed by atoms with van der Waals surface area (Å²) >= 11 is 0. The van der Waals surface area contributed by atoms with Crippen LogP contribution in [0.3, 0.4) is 0 Å². The number of hydrogen-bond donors (Lipinski definition) is 1. The van der Waals surface area contributed by atoms with Crippen LogP contribution in [-0.2, 0) is 5.54 Å². The maximum atomic E-state index is 13.5. The molecule has 0 spiro atoms. The van der Waals surface area contributed by atoms with Crippen molar-refractivity contribution in [3.05, 3.63) is 36.5 Å². The van der Waals surface area contributed by atoms with Crippen LogP contribution in [0.1, 0.15) is 20.8 Å². The Morgan fingerprint density at radius 2 is 2.00 bits per heavy atom. The van der Waals surface area contributed by atoms with Crippen LogP contribution < -0.4 is 10.1 Å². The molecule has 1 aromatic carbocycles. The highest BCUT2D eigenvalue weighted by Crippen LogP contribution is 2.28. The van der Waals surface area contributed by atoms with E-state index in [1.807, 2.05) is 4.68 Å².